The predicted molar refractivity (Wildman–Crippen MR) is 137 cm³/mol. The van der Waals surface area contributed by atoms with Crippen molar-refractivity contribution < 1.29 is 17.9 Å². The van der Waals surface area contributed by atoms with Gasteiger partial charge in [0.15, 0.2) is 10.9 Å². The summed E-state index contributed by atoms with van der Waals surface area (Å²) in [4.78, 5) is 7.98. The second-order valence-corrected chi connectivity index (χ2v) is 9.38. The molecule has 34 heavy (non-hydrogen) atoms. The molecule has 0 amide bonds. The third kappa shape index (κ3) is 7.03. The number of benzene rings is 2. The van der Waals surface area contributed by atoms with Crippen molar-refractivity contribution >= 4 is 44.5 Å². The van der Waals surface area contributed by atoms with E-state index in [0.29, 0.717) is 10.8 Å². The van der Waals surface area contributed by atoms with Crippen molar-refractivity contribution in [1.82, 2.24) is 9.97 Å². The van der Waals surface area contributed by atoms with Crippen molar-refractivity contribution in [3.8, 4) is 11.9 Å². The zero-order chi connectivity index (χ0) is 24.6. The minimum Gasteiger partial charge on any atom is -0.481 e. The molecule has 9 nitrogen and oxygen atoms in total. The summed E-state index contributed by atoms with van der Waals surface area (Å²) >= 11 is 5.37. The van der Waals surface area contributed by atoms with Gasteiger partial charge < -0.3 is 20.1 Å². The van der Waals surface area contributed by atoms with Gasteiger partial charge in [-0.05, 0) is 67.0 Å². The number of aromatic nitrogens is 2. The topological polar surface area (TPSA) is 114 Å². The first-order valence-corrected chi connectivity index (χ1v) is 12.5. The van der Waals surface area contributed by atoms with E-state index in [9.17, 15) is 8.42 Å². The zero-order valence-corrected chi connectivity index (χ0v) is 20.8. The first kappa shape index (κ1) is 25.2. The number of aryl methyl sites for hydroxylation is 1. The molecule has 180 valence electrons. The van der Waals surface area contributed by atoms with Crippen LogP contribution in [0.3, 0.4) is 0 Å². The van der Waals surface area contributed by atoms with E-state index in [4.69, 9.17) is 21.7 Å². The van der Waals surface area contributed by atoms with E-state index in [1.807, 2.05) is 12.1 Å². The van der Waals surface area contributed by atoms with Crippen LogP contribution in [0.15, 0.2) is 59.5 Å². The van der Waals surface area contributed by atoms with E-state index in [-0.39, 0.29) is 22.6 Å². The SMILES string of the molecule is CCCCc1ccc(NC(=S)Nc2ccc(S(=O)(=O)Nc3cc(OC)nc(OC)n3)cc2)cc1. The summed E-state index contributed by atoms with van der Waals surface area (Å²) in [6, 6.07) is 15.6. The minimum atomic E-state index is -3.90. The third-order valence-electron chi connectivity index (χ3n) is 4.77. The summed E-state index contributed by atoms with van der Waals surface area (Å²) in [7, 11) is -1.11. The molecule has 2 aromatic carbocycles. The first-order chi connectivity index (χ1) is 16.3. The second kappa shape index (κ2) is 11.6. The van der Waals surface area contributed by atoms with E-state index in [1.165, 1.54) is 38.0 Å². The van der Waals surface area contributed by atoms with Gasteiger partial charge in [0, 0.05) is 17.4 Å². The molecular formula is C23H27N5O4S2. The lowest BCUT2D eigenvalue weighted by Gasteiger charge is -2.12. The van der Waals surface area contributed by atoms with Crippen molar-refractivity contribution in [2.24, 2.45) is 0 Å². The highest BCUT2D eigenvalue weighted by atomic mass is 32.2. The monoisotopic (exact) mass is 501 g/mol. The molecule has 0 atom stereocenters. The van der Waals surface area contributed by atoms with Crippen molar-refractivity contribution in [2.75, 3.05) is 29.6 Å². The molecule has 1 heterocycles. The van der Waals surface area contributed by atoms with Crippen LogP contribution in [0.25, 0.3) is 0 Å². The van der Waals surface area contributed by atoms with E-state index < -0.39 is 10.0 Å². The van der Waals surface area contributed by atoms with Gasteiger partial charge >= 0.3 is 6.01 Å². The fourth-order valence-electron chi connectivity index (χ4n) is 3.00. The molecule has 0 unspecified atom stereocenters. The van der Waals surface area contributed by atoms with Gasteiger partial charge in [-0.15, -0.1) is 0 Å². The Morgan fingerprint density at radius 3 is 2.12 bits per heavy atom. The number of rotatable bonds is 10. The highest BCUT2D eigenvalue weighted by Gasteiger charge is 2.17. The summed E-state index contributed by atoms with van der Waals surface area (Å²) in [5, 5.41) is 6.57. The summed E-state index contributed by atoms with van der Waals surface area (Å²) in [5.74, 6) is 0.192. The predicted octanol–water partition coefficient (Wildman–Crippen LogP) is 4.45. The van der Waals surface area contributed by atoms with Crippen LogP contribution >= 0.6 is 12.2 Å². The molecule has 3 aromatic rings. The van der Waals surface area contributed by atoms with Crippen LogP contribution in [0, 0.1) is 0 Å². The molecule has 0 radical (unpaired) electrons. The number of thiocarbonyl (C=S) groups is 1. The minimum absolute atomic E-state index is 0.0202. The number of methoxy groups -OCH3 is 2. The van der Waals surface area contributed by atoms with Gasteiger partial charge in [0.25, 0.3) is 10.0 Å². The number of anilines is 3. The van der Waals surface area contributed by atoms with Gasteiger partial charge in [-0.25, -0.2) is 8.42 Å². The lowest BCUT2D eigenvalue weighted by molar-refractivity contribution is 0.353. The van der Waals surface area contributed by atoms with Gasteiger partial charge in [0.2, 0.25) is 5.88 Å². The number of nitrogens with zero attached hydrogens (tertiary/aromatic N) is 2. The van der Waals surface area contributed by atoms with E-state index in [0.717, 1.165) is 24.9 Å². The Morgan fingerprint density at radius 1 is 0.941 bits per heavy atom. The standard InChI is InChI=1S/C23H27N5O4S2/c1-4-5-6-16-7-9-17(10-8-16)24-23(33)25-18-11-13-19(14-12-18)34(29,30)28-20-15-21(31-2)27-22(26-20)32-3/h7-15H,4-6H2,1-3H3,(H2,24,25,33)(H,26,27,28). The average molecular weight is 502 g/mol. The number of hydrogen-bond donors (Lipinski definition) is 3. The zero-order valence-electron chi connectivity index (χ0n) is 19.2. The number of nitrogens with one attached hydrogen (secondary N) is 3. The number of ether oxygens (including phenoxy) is 2. The van der Waals surface area contributed by atoms with Gasteiger partial charge in [-0.2, -0.15) is 9.97 Å². The van der Waals surface area contributed by atoms with Crippen molar-refractivity contribution in [1.29, 1.82) is 0 Å². The maximum absolute atomic E-state index is 12.8. The fraction of sp³-hybridized carbons (Fsp3) is 0.261. The molecule has 11 heteroatoms. The number of hydrogen-bond acceptors (Lipinski definition) is 7. The van der Waals surface area contributed by atoms with Crippen LogP contribution < -0.4 is 24.8 Å². The Bertz CT molecular complexity index is 1190. The highest BCUT2D eigenvalue weighted by molar-refractivity contribution is 7.92. The molecule has 1 aromatic heterocycles. The maximum atomic E-state index is 12.8. The normalized spacial score (nSPS) is 10.9. The summed E-state index contributed by atoms with van der Waals surface area (Å²) < 4.78 is 37.9. The number of sulfonamides is 1. The largest absolute Gasteiger partial charge is 0.481 e. The lowest BCUT2D eigenvalue weighted by Crippen LogP contribution is -2.19. The molecule has 0 saturated heterocycles. The van der Waals surface area contributed by atoms with Gasteiger partial charge in [-0.3, -0.25) is 4.72 Å². The molecular weight excluding hydrogens is 474 g/mol. The van der Waals surface area contributed by atoms with Crippen LogP contribution in [0.4, 0.5) is 17.2 Å². The Labute approximate surface area is 205 Å². The summed E-state index contributed by atoms with van der Waals surface area (Å²) in [5.41, 5.74) is 2.80. The quantitative estimate of drug-likeness (QED) is 0.347. The van der Waals surface area contributed by atoms with Crippen molar-refractivity contribution in [3.05, 3.63) is 60.2 Å². The molecule has 3 rings (SSSR count). The van der Waals surface area contributed by atoms with Crippen molar-refractivity contribution in [2.45, 2.75) is 31.1 Å². The molecule has 3 N–H and O–H groups in total. The maximum Gasteiger partial charge on any atom is 0.321 e. The van der Waals surface area contributed by atoms with Gasteiger partial charge in [0.05, 0.1) is 19.1 Å². The summed E-state index contributed by atoms with van der Waals surface area (Å²) in [6.45, 7) is 2.17. The smallest absolute Gasteiger partial charge is 0.321 e. The highest BCUT2D eigenvalue weighted by Crippen LogP contribution is 2.22. The van der Waals surface area contributed by atoms with E-state index in [2.05, 4.69) is 44.4 Å². The Kier molecular flexibility index (Phi) is 8.61. The molecule has 0 aliphatic rings. The van der Waals surface area contributed by atoms with Crippen LogP contribution in [0.5, 0.6) is 11.9 Å². The van der Waals surface area contributed by atoms with E-state index >= 15 is 0 Å². The van der Waals surface area contributed by atoms with Crippen LogP contribution in [0.2, 0.25) is 0 Å². The molecule has 0 aliphatic carbocycles. The van der Waals surface area contributed by atoms with Crippen LogP contribution in [0.1, 0.15) is 25.3 Å². The second-order valence-electron chi connectivity index (χ2n) is 7.29. The average Bonchev–Trinajstić information content (AvgIpc) is 2.83. The third-order valence-corrected chi connectivity index (χ3v) is 6.34. The lowest BCUT2D eigenvalue weighted by atomic mass is 10.1. The summed E-state index contributed by atoms with van der Waals surface area (Å²) in [6.07, 6.45) is 3.38. The van der Waals surface area contributed by atoms with Crippen LogP contribution in [-0.2, 0) is 16.4 Å². The molecule has 0 aliphatic heterocycles. The van der Waals surface area contributed by atoms with Crippen molar-refractivity contribution in [3.63, 3.8) is 0 Å². The van der Waals surface area contributed by atoms with Gasteiger partial charge in [-0.1, -0.05) is 25.5 Å². The Hall–Kier alpha value is -3.44. The van der Waals surface area contributed by atoms with Crippen LogP contribution in [-0.4, -0.2) is 37.7 Å². The Balaban J connectivity index is 1.62. The fourth-order valence-corrected chi connectivity index (χ4v) is 4.22. The van der Waals surface area contributed by atoms with Gasteiger partial charge in [0.1, 0.15) is 0 Å². The first-order valence-electron chi connectivity index (χ1n) is 10.6. The molecule has 0 fully saturated rings. The molecule has 0 spiro atoms. The number of unbranched alkanes of at least 4 members (excludes halogenated alkanes) is 1. The molecule has 0 bridgehead atoms. The molecule has 0 saturated carbocycles. The Morgan fingerprint density at radius 2 is 1.56 bits per heavy atom. The van der Waals surface area contributed by atoms with E-state index in [1.54, 1.807) is 12.1 Å².